The minimum Gasteiger partial charge on any atom is -0.495 e. The van der Waals surface area contributed by atoms with Crippen molar-refractivity contribution in [3.63, 3.8) is 0 Å². The van der Waals surface area contributed by atoms with Gasteiger partial charge in [0, 0.05) is 38.0 Å². The molecule has 0 aromatic heterocycles. The van der Waals surface area contributed by atoms with Crippen molar-refractivity contribution in [3.05, 3.63) is 24.3 Å². The quantitative estimate of drug-likeness (QED) is 0.688. The van der Waals surface area contributed by atoms with Gasteiger partial charge in [0.1, 0.15) is 11.5 Å². The molecule has 3 aliphatic rings. The molecule has 1 aromatic carbocycles. The number of fused-ring (bicyclic) bond motifs is 2. The van der Waals surface area contributed by atoms with Crippen LogP contribution >= 0.6 is 0 Å². The van der Waals surface area contributed by atoms with Crippen molar-refractivity contribution in [2.45, 2.75) is 32.1 Å². The molecule has 1 amide bonds. The molecule has 2 aliphatic carbocycles. The normalized spacial score (nSPS) is 26.3. The molecule has 1 unspecified atom stereocenters. The smallest absolute Gasteiger partial charge is 0.309 e. The van der Waals surface area contributed by atoms with Crippen LogP contribution in [0.3, 0.4) is 0 Å². The summed E-state index contributed by atoms with van der Waals surface area (Å²) in [5.74, 6) is 0.447. The Morgan fingerprint density at radius 3 is 2.37 bits per heavy atom. The van der Waals surface area contributed by atoms with Gasteiger partial charge in [-0.3, -0.25) is 14.4 Å². The van der Waals surface area contributed by atoms with Gasteiger partial charge in [0.05, 0.1) is 18.7 Å². The minimum absolute atomic E-state index is 0.00815. The molecular formula is C23H30N2O5. The van der Waals surface area contributed by atoms with Crippen LogP contribution in [0.1, 0.15) is 32.1 Å². The van der Waals surface area contributed by atoms with Gasteiger partial charge in [-0.15, -0.1) is 0 Å². The van der Waals surface area contributed by atoms with E-state index < -0.39 is 0 Å². The van der Waals surface area contributed by atoms with Gasteiger partial charge >= 0.3 is 5.97 Å². The van der Waals surface area contributed by atoms with Crippen LogP contribution in [-0.2, 0) is 19.1 Å². The summed E-state index contributed by atoms with van der Waals surface area (Å²) in [6.45, 7) is 2.35. The number of carbonyl (C=O) groups is 3. The van der Waals surface area contributed by atoms with Crippen molar-refractivity contribution < 1.29 is 23.9 Å². The molecule has 3 fully saturated rings. The third-order valence-corrected chi connectivity index (χ3v) is 6.78. The standard InChI is InChI=1S/C23H30N2O5/c1-29-20-8-3-2-7-19(20)24-9-11-25(12-10-24)21(26)15-30-23(28)18-13-16-5-4-6-17(14-18)22(16)27/h2-3,7-8,16-18H,4-6,9-15H2,1H3/t16-,17+,18?. The summed E-state index contributed by atoms with van der Waals surface area (Å²) in [7, 11) is 1.66. The molecule has 0 radical (unpaired) electrons. The fourth-order valence-electron chi connectivity index (χ4n) is 5.10. The number of hydrogen-bond acceptors (Lipinski definition) is 6. The van der Waals surface area contributed by atoms with E-state index >= 15 is 0 Å². The lowest BCUT2D eigenvalue weighted by Gasteiger charge is -2.37. The summed E-state index contributed by atoms with van der Waals surface area (Å²) < 4.78 is 10.8. The molecule has 1 heterocycles. The van der Waals surface area contributed by atoms with E-state index in [4.69, 9.17) is 9.47 Å². The highest BCUT2D eigenvalue weighted by Crippen LogP contribution is 2.40. The SMILES string of the molecule is COc1ccccc1N1CCN(C(=O)COC(=O)C2C[C@H]3CCC[C@@H](C2)C3=O)CC1. The number of piperazine rings is 1. The lowest BCUT2D eigenvalue weighted by atomic mass is 9.67. The van der Waals surface area contributed by atoms with E-state index in [-0.39, 0.29) is 36.2 Å². The van der Waals surface area contributed by atoms with Crippen molar-refractivity contribution in [2.75, 3.05) is 44.8 Å². The monoisotopic (exact) mass is 414 g/mol. The largest absolute Gasteiger partial charge is 0.495 e. The number of ether oxygens (including phenoxy) is 2. The first kappa shape index (κ1) is 20.7. The predicted molar refractivity (Wildman–Crippen MR) is 111 cm³/mol. The Kier molecular flexibility index (Phi) is 6.25. The molecule has 2 saturated carbocycles. The van der Waals surface area contributed by atoms with E-state index in [9.17, 15) is 14.4 Å². The van der Waals surface area contributed by atoms with Gasteiger partial charge < -0.3 is 19.3 Å². The summed E-state index contributed by atoms with van der Waals surface area (Å²) in [6.07, 6.45) is 4.01. The highest BCUT2D eigenvalue weighted by atomic mass is 16.5. The molecule has 7 nitrogen and oxygen atoms in total. The topological polar surface area (TPSA) is 76.2 Å². The van der Waals surface area contributed by atoms with E-state index in [0.29, 0.717) is 44.8 Å². The van der Waals surface area contributed by atoms with Crippen molar-refractivity contribution in [1.29, 1.82) is 0 Å². The molecule has 2 bridgehead atoms. The number of esters is 1. The van der Waals surface area contributed by atoms with Crippen LogP contribution in [0.25, 0.3) is 0 Å². The van der Waals surface area contributed by atoms with E-state index in [1.54, 1.807) is 12.0 Å². The van der Waals surface area contributed by atoms with Crippen molar-refractivity contribution in [2.24, 2.45) is 17.8 Å². The number of hydrogen-bond donors (Lipinski definition) is 0. The zero-order chi connectivity index (χ0) is 21.1. The Hall–Kier alpha value is -2.57. The lowest BCUT2D eigenvalue weighted by molar-refractivity contribution is -0.159. The van der Waals surface area contributed by atoms with Crippen LogP contribution in [0.15, 0.2) is 24.3 Å². The van der Waals surface area contributed by atoms with Crippen LogP contribution in [0.2, 0.25) is 0 Å². The molecule has 3 atom stereocenters. The molecule has 0 N–H and O–H groups in total. The Balaban J connectivity index is 1.24. The zero-order valence-corrected chi connectivity index (χ0v) is 17.5. The summed E-state index contributed by atoms with van der Waals surface area (Å²) in [5, 5.41) is 0. The molecule has 4 rings (SSSR count). The van der Waals surface area contributed by atoms with E-state index in [1.807, 2.05) is 24.3 Å². The average molecular weight is 415 g/mol. The Morgan fingerprint density at radius 2 is 1.70 bits per heavy atom. The minimum atomic E-state index is -0.319. The maximum absolute atomic E-state index is 12.6. The number of anilines is 1. The number of Topliss-reactive ketones (excluding diaryl/α,β-unsaturated/α-hetero) is 1. The molecule has 0 spiro atoms. The van der Waals surface area contributed by atoms with E-state index in [1.165, 1.54) is 0 Å². The first-order chi connectivity index (χ1) is 14.6. The van der Waals surface area contributed by atoms with Crippen LogP contribution < -0.4 is 9.64 Å². The second kappa shape index (κ2) is 9.06. The van der Waals surface area contributed by atoms with E-state index in [0.717, 1.165) is 30.7 Å². The number of rotatable bonds is 5. The maximum Gasteiger partial charge on any atom is 0.309 e. The van der Waals surface area contributed by atoms with Crippen LogP contribution in [-0.4, -0.2) is 62.5 Å². The second-order valence-electron chi connectivity index (χ2n) is 8.54. The fourth-order valence-corrected chi connectivity index (χ4v) is 5.10. The summed E-state index contributed by atoms with van der Waals surface area (Å²) in [6, 6.07) is 7.86. The fraction of sp³-hybridized carbons (Fsp3) is 0.609. The second-order valence-corrected chi connectivity index (χ2v) is 8.54. The third kappa shape index (κ3) is 4.30. The Labute approximate surface area is 177 Å². The number of nitrogens with zero attached hydrogens (tertiary/aromatic N) is 2. The van der Waals surface area contributed by atoms with E-state index in [2.05, 4.69) is 4.90 Å². The van der Waals surface area contributed by atoms with Gasteiger partial charge in [-0.2, -0.15) is 0 Å². The average Bonchev–Trinajstić information content (AvgIpc) is 2.77. The number of carbonyl (C=O) groups excluding carboxylic acids is 3. The Morgan fingerprint density at radius 1 is 1.03 bits per heavy atom. The summed E-state index contributed by atoms with van der Waals surface area (Å²) in [4.78, 5) is 41.2. The first-order valence-corrected chi connectivity index (χ1v) is 10.9. The van der Waals surface area contributed by atoms with Crippen molar-refractivity contribution in [1.82, 2.24) is 4.90 Å². The summed E-state index contributed by atoms with van der Waals surface area (Å²) in [5.41, 5.74) is 1.02. The molecule has 7 heteroatoms. The predicted octanol–water partition coefficient (Wildman–Crippen LogP) is 2.28. The Bertz CT molecular complexity index is 787. The number of benzene rings is 1. The molecule has 1 saturated heterocycles. The van der Waals surface area contributed by atoms with Gasteiger partial charge in [-0.05, 0) is 37.8 Å². The lowest BCUT2D eigenvalue weighted by Crippen LogP contribution is -2.50. The van der Waals surface area contributed by atoms with Gasteiger partial charge in [0.15, 0.2) is 6.61 Å². The summed E-state index contributed by atoms with van der Waals surface area (Å²) >= 11 is 0. The van der Waals surface area contributed by atoms with Gasteiger partial charge in [-0.1, -0.05) is 18.6 Å². The maximum atomic E-state index is 12.6. The highest BCUT2D eigenvalue weighted by molar-refractivity contribution is 5.88. The molecule has 1 aliphatic heterocycles. The number of para-hydroxylation sites is 2. The number of ketones is 1. The number of methoxy groups -OCH3 is 1. The molecule has 30 heavy (non-hydrogen) atoms. The molecule has 1 aromatic rings. The number of amides is 1. The highest BCUT2D eigenvalue weighted by Gasteiger charge is 2.42. The van der Waals surface area contributed by atoms with Crippen LogP contribution in [0.4, 0.5) is 5.69 Å². The first-order valence-electron chi connectivity index (χ1n) is 10.9. The zero-order valence-electron chi connectivity index (χ0n) is 17.5. The van der Waals surface area contributed by atoms with Crippen molar-refractivity contribution >= 4 is 23.3 Å². The third-order valence-electron chi connectivity index (χ3n) is 6.78. The van der Waals surface area contributed by atoms with Crippen molar-refractivity contribution in [3.8, 4) is 5.75 Å². The van der Waals surface area contributed by atoms with Crippen LogP contribution in [0.5, 0.6) is 5.75 Å². The van der Waals surface area contributed by atoms with Gasteiger partial charge in [0.25, 0.3) is 5.91 Å². The molecule has 162 valence electrons. The van der Waals surface area contributed by atoms with Gasteiger partial charge in [-0.25, -0.2) is 0 Å². The van der Waals surface area contributed by atoms with Gasteiger partial charge in [0.2, 0.25) is 0 Å². The van der Waals surface area contributed by atoms with Crippen LogP contribution in [0, 0.1) is 17.8 Å². The molecular weight excluding hydrogens is 384 g/mol.